The number of hydrogen-bond acceptors (Lipinski definition) is 4. The van der Waals surface area contributed by atoms with Crippen LogP contribution in [0.1, 0.15) is 26.7 Å². The summed E-state index contributed by atoms with van der Waals surface area (Å²) >= 11 is 0. The highest BCUT2D eigenvalue weighted by atomic mass is 32.2. The van der Waals surface area contributed by atoms with Gasteiger partial charge in [0.25, 0.3) is 10.2 Å². The van der Waals surface area contributed by atoms with E-state index in [9.17, 15) is 8.42 Å². The molecule has 1 aliphatic heterocycles. The largest absolute Gasteiger partial charge is 0.377 e. The van der Waals surface area contributed by atoms with Crippen molar-refractivity contribution in [2.75, 3.05) is 40.3 Å². The van der Waals surface area contributed by atoms with Crippen LogP contribution in [0.4, 0.5) is 0 Å². The van der Waals surface area contributed by atoms with Gasteiger partial charge < -0.3 is 10.1 Å². The molecule has 0 saturated carbocycles. The smallest absolute Gasteiger partial charge is 0.279 e. The highest BCUT2D eigenvalue weighted by Crippen LogP contribution is 2.18. The molecule has 6 nitrogen and oxygen atoms in total. The van der Waals surface area contributed by atoms with Gasteiger partial charge in [-0.05, 0) is 46.2 Å². The summed E-state index contributed by atoms with van der Waals surface area (Å²) in [6.45, 7) is 6.13. The van der Waals surface area contributed by atoms with Crippen molar-refractivity contribution in [3.63, 3.8) is 0 Å². The third-order valence-electron chi connectivity index (χ3n) is 3.64. The predicted octanol–water partition coefficient (Wildman–Crippen LogP) is 0.177. The SMILES string of the molecule is CNCC1CCN(S(=O)(=O)NCC(C)(C)OC)CC1. The van der Waals surface area contributed by atoms with Gasteiger partial charge in [0, 0.05) is 26.7 Å². The molecule has 1 fully saturated rings. The third-order valence-corrected chi connectivity index (χ3v) is 5.19. The highest BCUT2D eigenvalue weighted by Gasteiger charge is 2.29. The molecule has 0 atom stereocenters. The quantitative estimate of drug-likeness (QED) is 0.702. The minimum absolute atomic E-state index is 0.280. The maximum Gasteiger partial charge on any atom is 0.279 e. The molecule has 0 aromatic heterocycles. The van der Waals surface area contributed by atoms with Gasteiger partial charge in [0.1, 0.15) is 0 Å². The molecular weight excluding hydrogens is 266 g/mol. The lowest BCUT2D eigenvalue weighted by Crippen LogP contribution is -2.49. The molecule has 2 N–H and O–H groups in total. The fourth-order valence-electron chi connectivity index (χ4n) is 2.07. The highest BCUT2D eigenvalue weighted by molar-refractivity contribution is 7.87. The Balaban J connectivity index is 2.47. The fourth-order valence-corrected chi connectivity index (χ4v) is 3.47. The van der Waals surface area contributed by atoms with Gasteiger partial charge in [-0.15, -0.1) is 0 Å². The lowest BCUT2D eigenvalue weighted by atomic mass is 9.98. The summed E-state index contributed by atoms with van der Waals surface area (Å²) in [5.41, 5.74) is -0.489. The predicted molar refractivity (Wildman–Crippen MR) is 76.2 cm³/mol. The van der Waals surface area contributed by atoms with Crippen LogP contribution in [0.15, 0.2) is 0 Å². The molecule has 0 radical (unpaired) electrons. The van der Waals surface area contributed by atoms with Gasteiger partial charge in [0.15, 0.2) is 0 Å². The number of hydrogen-bond donors (Lipinski definition) is 2. The van der Waals surface area contributed by atoms with E-state index in [1.807, 2.05) is 20.9 Å². The van der Waals surface area contributed by atoms with Gasteiger partial charge in [-0.1, -0.05) is 0 Å². The first-order valence-corrected chi connectivity index (χ1v) is 8.19. The van der Waals surface area contributed by atoms with Crippen molar-refractivity contribution in [2.24, 2.45) is 5.92 Å². The molecule has 114 valence electrons. The summed E-state index contributed by atoms with van der Waals surface area (Å²) < 4.78 is 33.7. The second-order valence-electron chi connectivity index (χ2n) is 5.69. The molecule has 1 heterocycles. The summed E-state index contributed by atoms with van der Waals surface area (Å²) in [4.78, 5) is 0. The van der Waals surface area contributed by atoms with Crippen LogP contribution in [0, 0.1) is 5.92 Å². The van der Waals surface area contributed by atoms with E-state index in [0.29, 0.717) is 19.0 Å². The van der Waals surface area contributed by atoms with Crippen molar-refractivity contribution in [1.29, 1.82) is 0 Å². The Morgan fingerprint density at radius 2 is 1.89 bits per heavy atom. The molecule has 0 aliphatic carbocycles. The Kier molecular flexibility index (Phi) is 6.19. The molecule has 19 heavy (non-hydrogen) atoms. The minimum Gasteiger partial charge on any atom is -0.377 e. The molecule has 0 aromatic rings. The zero-order chi connectivity index (χ0) is 14.5. The van der Waals surface area contributed by atoms with Gasteiger partial charge in [-0.2, -0.15) is 17.4 Å². The lowest BCUT2D eigenvalue weighted by Gasteiger charge is -2.32. The summed E-state index contributed by atoms with van der Waals surface area (Å²) in [6.07, 6.45) is 1.82. The van der Waals surface area contributed by atoms with Crippen molar-refractivity contribution in [1.82, 2.24) is 14.3 Å². The Morgan fingerprint density at radius 1 is 1.32 bits per heavy atom. The van der Waals surface area contributed by atoms with E-state index in [0.717, 1.165) is 19.4 Å². The average molecular weight is 293 g/mol. The molecule has 0 bridgehead atoms. The Hall–Kier alpha value is -0.210. The molecule has 1 saturated heterocycles. The van der Waals surface area contributed by atoms with Gasteiger partial charge >= 0.3 is 0 Å². The zero-order valence-electron chi connectivity index (χ0n) is 12.4. The molecular formula is C12H27N3O3S. The summed E-state index contributed by atoms with van der Waals surface area (Å²) in [5, 5.41) is 3.14. The molecule has 1 rings (SSSR count). The zero-order valence-corrected chi connectivity index (χ0v) is 13.2. The van der Waals surface area contributed by atoms with Crippen molar-refractivity contribution >= 4 is 10.2 Å². The van der Waals surface area contributed by atoms with E-state index in [-0.39, 0.29) is 6.54 Å². The number of methoxy groups -OCH3 is 1. The number of rotatable bonds is 7. The maximum atomic E-state index is 12.2. The summed E-state index contributed by atoms with van der Waals surface area (Å²) in [5.74, 6) is 0.576. The van der Waals surface area contributed by atoms with Crippen molar-refractivity contribution < 1.29 is 13.2 Å². The Labute approximate surface area is 117 Å². The number of nitrogens with one attached hydrogen (secondary N) is 2. The van der Waals surface area contributed by atoms with Gasteiger partial charge in [0.05, 0.1) is 5.60 Å². The standard InChI is InChI=1S/C12H27N3O3S/c1-12(2,18-4)10-14-19(16,17)15-7-5-11(6-8-15)9-13-3/h11,13-14H,5-10H2,1-4H3. The maximum absolute atomic E-state index is 12.2. The molecule has 0 aromatic carbocycles. The van der Waals surface area contributed by atoms with Crippen LogP contribution < -0.4 is 10.0 Å². The van der Waals surface area contributed by atoms with Gasteiger partial charge in [-0.3, -0.25) is 0 Å². The molecule has 0 unspecified atom stereocenters. The third kappa shape index (κ3) is 5.35. The fraction of sp³-hybridized carbons (Fsp3) is 1.00. The normalized spacial score (nSPS) is 19.8. The number of ether oxygens (including phenoxy) is 1. The second kappa shape index (κ2) is 6.99. The number of piperidine rings is 1. The second-order valence-corrected chi connectivity index (χ2v) is 7.45. The minimum atomic E-state index is -3.38. The Morgan fingerprint density at radius 3 is 2.37 bits per heavy atom. The van der Waals surface area contributed by atoms with E-state index in [1.54, 1.807) is 7.11 Å². The van der Waals surface area contributed by atoms with Crippen LogP contribution in [-0.4, -0.2) is 58.7 Å². The molecule has 0 spiro atoms. The van der Waals surface area contributed by atoms with Gasteiger partial charge in [0.2, 0.25) is 0 Å². The van der Waals surface area contributed by atoms with E-state index in [1.165, 1.54) is 4.31 Å². The summed E-state index contributed by atoms with van der Waals surface area (Å²) in [7, 11) is 0.127. The van der Waals surface area contributed by atoms with Crippen LogP contribution in [0.25, 0.3) is 0 Å². The lowest BCUT2D eigenvalue weighted by molar-refractivity contribution is 0.0272. The van der Waals surface area contributed by atoms with Crippen LogP contribution in [0.5, 0.6) is 0 Å². The van der Waals surface area contributed by atoms with Gasteiger partial charge in [-0.25, -0.2) is 0 Å². The topological polar surface area (TPSA) is 70.7 Å². The monoisotopic (exact) mass is 293 g/mol. The van der Waals surface area contributed by atoms with Crippen LogP contribution in [0.2, 0.25) is 0 Å². The van der Waals surface area contributed by atoms with Crippen LogP contribution in [0.3, 0.4) is 0 Å². The molecule has 7 heteroatoms. The van der Waals surface area contributed by atoms with Crippen molar-refractivity contribution in [2.45, 2.75) is 32.3 Å². The van der Waals surface area contributed by atoms with E-state index >= 15 is 0 Å². The van der Waals surface area contributed by atoms with E-state index < -0.39 is 15.8 Å². The molecule has 1 aliphatic rings. The molecule has 0 amide bonds. The van der Waals surface area contributed by atoms with Crippen molar-refractivity contribution in [3.8, 4) is 0 Å². The summed E-state index contributed by atoms with van der Waals surface area (Å²) in [6, 6.07) is 0. The number of nitrogens with zero attached hydrogens (tertiary/aromatic N) is 1. The first-order chi connectivity index (χ1) is 8.80. The Bertz CT molecular complexity index is 362. The van der Waals surface area contributed by atoms with Crippen molar-refractivity contribution in [3.05, 3.63) is 0 Å². The average Bonchev–Trinajstić information content (AvgIpc) is 2.38. The van der Waals surface area contributed by atoms with E-state index in [2.05, 4.69) is 10.0 Å². The van der Waals surface area contributed by atoms with E-state index in [4.69, 9.17) is 4.74 Å². The van der Waals surface area contributed by atoms with Crippen LogP contribution in [-0.2, 0) is 14.9 Å². The first-order valence-electron chi connectivity index (χ1n) is 6.75. The first kappa shape index (κ1) is 16.8. The van der Waals surface area contributed by atoms with Crippen LogP contribution >= 0.6 is 0 Å².